The van der Waals surface area contributed by atoms with Crippen LogP contribution in [0.2, 0.25) is 0 Å². The Morgan fingerprint density at radius 2 is 1.45 bits per heavy atom. The number of hydrogen-bond donors (Lipinski definition) is 0. The van der Waals surface area contributed by atoms with Gasteiger partial charge in [0.1, 0.15) is 5.75 Å². The van der Waals surface area contributed by atoms with Crippen molar-refractivity contribution in [1.82, 2.24) is 0 Å². The normalized spacial score (nSPS) is 10.4. The highest BCUT2D eigenvalue weighted by atomic mass is 16.5. The predicted molar refractivity (Wildman–Crippen MR) is 112 cm³/mol. The maximum atomic E-state index is 10.9. The molecule has 2 aromatic rings. The topological polar surface area (TPSA) is 84.0 Å². The van der Waals surface area contributed by atoms with Crippen LogP contribution in [0.15, 0.2) is 71.4 Å². The molecule has 0 fully saturated rings. The Balaban J connectivity index is 1.60. The fourth-order valence-corrected chi connectivity index (χ4v) is 2.48. The second kappa shape index (κ2) is 12.8. The minimum absolute atomic E-state index is 0.361. The van der Waals surface area contributed by atoms with Gasteiger partial charge in [-0.3, -0.25) is 0 Å². The SMILES string of the molecule is C=CC(=O)OCCCCCCCOc1ccc(N=Nc2ccc(C#N)cc2)cc1. The summed E-state index contributed by atoms with van der Waals surface area (Å²) < 4.78 is 10.7. The van der Waals surface area contributed by atoms with Crippen molar-refractivity contribution in [2.45, 2.75) is 32.1 Å². The van der Waals surface area contributed by atoms with E-state index in [0.29, 0.717) is 24.5 Å². The Morgan fingerprint density at radius 3 is 2.03 bits per heavy atom. The predicted octanol–water partition coefficient (Wildman–Crippen LogP) is 6.03. The van der Waals surface area contributed by atoms with E-state index in [1.54, 1.807) is 24.3 Å². The van der Waals surface area contributed by atoms with Gasteiger partial charge in [0.25, 0.3) is 0 Å². The Hall–Kier alpha value is -3.46. The van der Waals surface area contributed by atoms with Crippen LogP contribution < -0.4 is 4.74 Å². The number of nitriles is 1. The van der Waals surface area contributed by atoms with Gasteiger partial charge in [-0.15, -0.1) is 0 Å². The maximum Gasteiger partial charge on any atom is 0.330 e. The fraction of sp³-hybridized carbons (Fsp3) is 0.304. The lowest BCUT2D eigenvalue weighted by atomic mass is 10.1. The van der Waals surface area contributed by atoms with E-state index in [-0.39, 0.29) is 5.97 Å². The number of carbonyl (C=O) groups is 1. The third-order valence-corrected chi connectivity index (χ3v) is 4.08. The summed E-state index contributed by atoms with van der Waals surface area (Å²) in [6.45, 7) is 4.48. The van der Waals surface area contributed by atoms with Gasteiger partial charge in [-0.25, -0.2) is 4.79 Å². The lowest BCUT2D eigenvalue weighted by molar-refractivity contribution is -0.137. The zero-order chi connectivity index (χ0) is 20.7. The minimum atomic E-state index is -0.361. The molecule has 0 spiro atoms. The maximum absolute atomic E-state index is 10.9. The molecule has 29 heavy (non-hydrogen) atoms. The highest BCUT2D eigenvalue weighted by Crippen LogP contribution is 2.21. The molecular weight excluding hydrogens is 366 g/mol. The van der Waals surface area contributed by atoms with E-state index in [1.165, 1.54) is 6.08 Å². The molecule has 0 aliphatic rings. The van der Waals surface area contributed by atoms with Crippen molar-refractivity contribution in [2.24, 2.45) is 10.2 Å². The summed E-state index contributed by atoms with van der Waals surface area (Å²) in [5.41, 5.74) is 2.03. The first-order chi connectivity index (χ1) is 14.2. The Morgan fingerprint density at radius 1 is 0.897 bits per heavy atom. The molecule has 2 rings (SSSR count). The number of azo groups is 1. The molecule has 0 aromatic heterocycles. The van der Waals surface area contributed by atoms with Crippen LogP contribution in [0.3, 0.4) is 0 Å². The number of unbranched alkanes of at least 4 members (excludes halogenated alkanes) is 4. The van der Waals surface area contributed by atoms with Crippen molar-refractivity contribution in [1.29, 1.82) is 5.26 Å². The number of nitrogens with zero attached hydrogens (tertiary/aromatic N) is 3. The monoisotopic (exact) mass is 391 g/mol. The van der Waals surface area contributed by atoms with E-state index in [2.05, 4.69) is 22.9 Å². The van der Waals surface area contributed by atoms with Crippen LogP contribution in [-0.2, 0) is 9.53 Å². The van der Waals surface area contributed by atoms with Gasteiger partial charge < -0.3 is 9.47 Å². The number of ether oxygens (including phenoxy) is 2. The van der Waals surface area contributed by atoms with Gasteiger partial charge in [-0.05, 0) is 61.4 Å². The molecule has 6 nitrogen and oxygen atoms in total. The van der Waals surface area contributed by atoms with Crippen molar-refractivity contribution >= 4 is 17.3 Å². The van der Waals surface area contributed by atoms with E-state index >= 15 is 0 Å². The number of hydrogen-bond acceptors (Lipinski definition) is 6. The fourth-order valence-electron chi connectivity index (χ4n) is 2.48. The van der Waals surface area contributed by atoms with Crippen LogP contribution >= 0.6 is 0 Å². The number of esters is 1. The Bertz CT molecular complexity index is 837. The van der Waals surface area contributed by atoms with Crippen molar-refractivity contribution in [2.75, 3.05) is 13.2 Å². The summed E-state index contributed by atoms with van der Waals surface area (Å²) >= 11 is 0. The van der Waals surface area contributed by atoms with Gasteiger partial charge in [0.2, 0.25) is 0 Å². The third kappa shape index (κ3) is 8.85. The van der Waals surface area contributed by atoms with E-state index in [4.69, 9.17) is 14.7 Å². The first kappa shape index (κ1) is 21.8. The van der Waals surface area contributed by atoms with Gasteiger partial charge >= 0.3 is 5.97 Å². The van der Waals surface area contributed by atoms with Crippen molar-refractivity contribution < 1.29 is 14.3 Å². The highest BCUT2D eigenvalue weighted by molar-refractivity contribution is 5.81. The highest BCUT2D eigenvalue weighted by Gasteiger charge is 1.98. The molecule has 0 heterocycles. The zero-order valence-corrected chi connectivity index (χ0v) is 16.4. The minimum Gasteiger partial charge on any atom is -0.494 e. The van der Waals surface area contributed by atoms with Crippen molar-refractivity contribution in [3.05, 3.63) is 66.7 Å². The third-order valence-electron chi connectivity index (χ3n) is 4.08. The molecule has 0 unspecified atom stereocenters. The second-order valence-electron chi connectivity index (χ2n) is 6.34. The molecular formula is C23H25N3O3. The molecule has 0 aliphatic heterocycles. The van der Waals surface area contributed by atoms with Gasteiger partial charge in [-0.1, -0.05) is 25.8 Å². The first-order valence-electron chi connectivity index (χ1n) is 9.65. The molecule has 0 saturated carbocycles. The van der Waals surface area contributed by atoms with E-state index < -0.39 is 0 Å². The number of rotatable bonds is 12. The van der Waals surface area contributed by atoms with Crippen LogP contribution in [0, 0.1) is 11.3 Å². The van der Waals surface area contributed by atoms with E-state index in [9.17, 15) is 4.79 Å². The quantitative estimate of drug-likeness (QED) is 0.191. The zero-order valence-electron chi connectivity index (χ0n) is 16.4. The van der Waals surface area contributed by atoms with Crippen LogP contribution in [0.1, 0.15) is 37.7 Å². The molecule has 0 N–H and O–H groups in total. The molecule has 150 valence electrons. The van der Waals surface area contributed by atoms with Gasteiger partial charge in [0, 0.05) is 6.08 Å². The lowest BCUT2D eigenvalue weighted by Crippen LogP contribution is -2.01. The van der Waals surface area contributed by atoms with Gasteiger partial charge in [-0.2, -0.15) is 15.5 Å². The molecule has 0 aliphatic carbocycles. The summed E-state index contributed by atoms with van der Waals surface area (Å²) in [4.78, 5) is 10.9. The second-order valence-corrected chi connectivity index (χ2v) is 6.34. The van der Waals surface area contributed by atoms with E-state index in [0.717, 1.165) is 43.5 Å². The van der Waals surface area contributed by atoms with E-state index in [1.807, 2.05) is 24.3 Å². The standard InChI is InChI=1S/C23H25N3O3/c1-2-23(27)29-17-7-5-3-4-6-16-28-22-14-12-21(13-15-22)26-25-20-10-8-19(18-24)9-11-20/h2,8-15H,1,3-7,16-17H2. The number of carbonyl (C=O) groups excluding carboxylic acids is 1. The van der Waals surface area contributed by atoms with Crippen LogP contribution in [0.4, 0.5) is 11.4 Å². The summed E-state index contributed by atoms with van der Waals surface area (Å²) in [6, 6.07) is 16.5. The van der Waals surface area contributed by atoms with Crippen LogP contribution in [-0.4, -0.2) is 19.2 Å². The smallest absolute Gasteiger partial charge is 0.330 e. The van der Waals surface area contributed by atoms with Gasteiger partial charge in [0.15, 0.2) is 0 Å². The molecule has 0 atom stereocenters. The average Bonchev–Trinajstić information content (AvgIpc) is 2.77. The van der Waals surface area contributed by atoms with Crippen molar-refractivity contribution in [3.63, 3.8) is 0 Å². The summed E-state index contributed by atoms with van der Waals surface area (Å²) in [5, 5.41) is 17.1. The van der Waals surface area contributed by atoms with Crippen molar-refractivity contribution in [3.8, 4) is 11.8 Å². The molecule has 6 heteroatoms. The molecule has 0 amide bonds. The van der Waals surface area contributed by atoms with Crippen LogP contribution in [0.5, 0.6) is 5.75 Å². The molecule has 2 aromatic carbocycles. The molecule has 0 saturated heterocycles. The first-order valence-corrected chi connectivity index (χ1v) is 9.65. The molecule has 0 radical (unpaired) electrons. The largest absolute Gasteiger partial charge is 0.494 e. The van der Waals surface area contributed by atoms with Crippen LogP contribution in [0.25, 0.3) is 0 Å². The Labute approximate surface area is 171 Å². The summed E-state index contributed by atoms with van der Waals surface area (Å²) in [6.07, 6.45) is 6.23. The summed E-state index contributed by atoms with van der Waals surface area (Å²) in [5.74, 6) is 0.443. The number of benzene rings is 2. The van der Waals surface area contributed by atoms with Gasteiger partial charge in [0.05, 0.1) is 36.2 Å². The summed E-state index contributed by atoms with van der Waals surface area (Å²) in [7, 11) is 0. The molecule has 0 bridgehead atoms. The average molecular weight is 391 g/mol. The Kier molecular flexibility index (Phi) is 9.67. The lowest BCUT2D eigenvalue weighted by Gasteiger charge is -2.06.